The zero-order valence-corrected chi connectivity index (χ0v) is 17.9. The molecule has 1 aromatic heterocycles. The normalized spacial score (nSPS) is 14.3. The van der Waals surface area contributed by atoms with Crippen molar-refractivity contribution < 1.29 is 9.18 Å². The molecular weight excluding hydrogens is 407 g/mol. The van der Waals surface area contributed by atoms with Crippen LogP contribution in [-0.4, -0.2) is 28.8 Å². The average molecular weight is 435 g/mol. The number of rotatable bonds is 7. The number of nitrogens with zero attached hydrogens (tertiary/aromatic N) is 3. The molecule has 2 aromatic carbocycles. The molecule has 4 rings (SSSR count). The molecule has 0 aliphatic carbocycles. The third-order valence-corrected chi connectivity index (χ3v) is 5.83. The predicted octanol–water partition coefficient (Wildman–Crippen LogP) is 3.16. The summed E-state index contributed by atoms with van der Waals surface area (Å²) < 4.78 is 14.5. The van der Waals surface area contributed by atoms with Gasteiger partial charge < -0.3 is 10.2 Å². The maximum atomic E-state index is 13.3. The van der Waals surface area contributed by atoms with Crippen molar-refractivity contribution in [1.82, 2.24) is 15.1 Å². The molecule has 0 saturated carbocycles. The number of nitrogens with one attached hydrogen (secondary N) is 1. The van der Waals surface area contributed by atoms with Gasteiger partial charge in [-0.1, -0.05) is 42.5 Å². The number of piperidine rings is 1. The second kappa shape index (κ2) is 10.2. The van der Waals surface area contributed by atoms with Crippen LogP contribution in [0.3, 0.4) is 0 Å². The third-order valence-electron chi connectivity index (χ3n) is 5.83. The van der Waals surface area contributed by atoms with E-state index in [-0.39, 0.29) is 30.4 Å². The molecule has 166 valence electrons. The molecule has 0 atom stereocenters. The van der Waals surface area contributed by atoms with Gasteiger partial charge in [-0.3, -0.25) is 9.59 Å². The minimum atomic E-state index is -0.352. The van der Waals surface area contributed by atoms with Gasteiger partial charge in [0.25, 0.3) is 5.56 Å². The van der Waals surface area contributed by atoms with Crippen LogP contribution in [0.4, 0.5) is 10.2 Å². The van der Waals surface area contributed by atoms with Gasteiger partial charge in [0.2, 0.25) is 5.91 Å². The highest BCUT2D eigenvalue weighted by Gasteiger charge is 2.21. The summed E-state index contributed by atoms with van der Waals surface area (Å²) in [7, 11) is 0. The average Bonchev–Trinajstić information content (AvgIpc) is 2.80. The minimum Gasteiger partial charge on any atom is -0.355 e. The second-order valence-electron chi connectivity index (χ2n) is 8.21. The third kappa shape index (κ3) is 5.81. The maximum absolute atomic E-state index is 13.3. The van der Waals surface area contributed by atoms with E-state index in [0.717, 1.165) is 32.4 Å². The lowest BCUT2D eigenvalue weighted by molar-refractivity contribution is -0.122. The van der Waals surface area contributed by atoms with Crippen LogP contribution in [0, 0.1) is 11.7 Å². The Kier molecular flexibility index (Phi) is 6.94. The second-order valence-corrected chi connectivity index (χ2v) is 8.21. The highest BCUT2D eigenvalue weighted by atomic mass is 19.1. The molecule has 1 fully saturated rings. The van der Waals surface area contributed by atoms with Crippen molar-refractivity contribution in [2.24, 2.45) is 5.92 Å². The summed E-state index contributed by atoms with van der Waals surface area (Å²) in [5.74, 6) is 0.645. The summed E-state index contributed by atoms with van der Waals surface area (Å²) in [6.07, 6.45) is 3.20. The fourth-order valence-electron chi connectivity index (χ4n) is 4.07. The minimum absolute atomic E-state index is 0.174. The smallest absolute Gasteiger partial charge is 0.267 e. The first-order valence-electron chi connectivity index (χ1n) is 10.9. The van der Waals surface area contributed by atoms with Crippen molar-refractivity contribution in [1.29, 1.82) is 0 Å². The number of hydrogen-bond donors (Lipinski definition) is 1. The first kappa shape index (κ1) is 21.7. The maximum Gasteiger partial charge on any atom is 0.267 e. The molecular formula is C25H27FN4O2. The molecule has 1 aliphatic heterocycles. The molecule has 3 aromatic rings. The Morgan fingerprint density at radius 2 is 1.75 bits per heavy atom. The van der Waals surface area contributed by atoms with Gasteiger partial charge in [-0.05, 0) is 54.5 Å². The van der Waals surface area contributed by atoms with E-state index in [0.29, 0.717) is 17.3 Å². The quantitative estimate of drug-likeness (QED) is 0.620. The first-order chi connectivity index (χ1) is 15.6. The van der Waals surface area contributed by atoms with E-state index in [9.17, 15) is 14.0 Å². The topological polar surface area (TPSA) is 67.2 Å². The molecule has 0 radical (unpaired) electrons. The lowest BCUT2D eigenvalue weighted by atomic mass is 9.90. The Hall–Kier alpha value is -3.48. The Morgan fingerprint density at radius 1 is 1.00 bits per heavy atom. The molecule has 1 amide bonds. The van der Waals surface area contributed by atoms with E-state index in [2.05, 4.69) is 39.6 Å². The van der Waals surface area contributed by atoms with Crippen LogP contribution in [0.25, 0.3) is 0 Å². The number of carbonyl (C=O) groups excluding carboxylic acids is 1. The number of benzene rings is 2. The van der Waals surface area contributed by atoms with Crippen molar-refractivity contribution in [3.63, 3.8) is 0 Å². The SMILES string of the molecule is O=C(Cn1nc(N2CCC(Cc3ccccc3)CC2)ccc1=O)NCc1cccc(F)c1. The summed E-state index contributed by atoms with van der Waals surface area (Å²) in [5.41, 5.74) is 1.70. The van der Waals surface area contributed by atoms with Crippen molar-refractivity contribution in [2.45, 2.75) is 32.4 Å². The van der Waals surface area contributed by atoms with Crippen molar-refractivity contribution in [3.05, 3.63) is 94.0 Å². The number of aromatic nitrogens is 2. The van der Waals surface area contributed by atoms with Crippen LogP contribution in [0.1, 0.15) is 24.0 Å². The van der Waals surface area contributed by atoms with Gasteiger partial charge in [0.05, 0.1) is 0 Å². The van der Waals surface area contributed by atoms with Gasteiger partial charge in [-0.2, -0.15) is 5.10 Å². The zero-order chi connectivity index (χ0) is 22.3. The fourth-order valence-corrected chi connectivity index (χ4v) is 4.07. The van der Waals surface area contributed by atoms with E-state index in [1.54, 1.807) is 18.2 Å². The number of carbonyl (C=O) groups is 1. The highest BCUT2D eigenvalue weighted by Crippen LogP contribution is 2.24. The monoisotopic (exact) mass is 434 g/mol. The summed E-state index contributed by atoms with van der Waals surface area (Å²) in [6.45, 7) is 1.76. The number of halogens is 1. The Labute approximate surface area is 186 Å². The van der Waals surface area contributed by atoms with Crippen LogP contribution in [0.15, 0.2) is 71.5 Å². The van der Waals surface area contributed by atoms with Gasteiger partial charge in [0.15, 0.2) is 0 Å². The van der Waals surface area contributed by atoms with Crippen LogP contribution in [0.2, 0.25) is 0 Å². The predicted molar refractivity (Wildman–Crippen MR) is 122 cm³/mol. The highest BCUT2D eigenvalue weighted by molar-refractivity contribution is 5.75. The van der Waals surface area contributed by atoms with Crippen LogP contribution >= 0.6 is 0 Å². The molecule has 1 saturated heterocycles. The molecule has 1 N–H and O–H groups in total. The summed E-state index contributed by atoms with van der Waals surface area (Å²) in [5, 5.41) is 7.13. The standard InChI is InChI=1S/C25H27FN4O2/c26-22-8-4-7-21(16-22)17-27-24(31)18-30-25(32)10-9-23(28-30)29-13-11-20(12-14-29)15-19-5-2-1-3-6-19/h1-10,16,20H,11-15,17-18H2,(H,27,31). The van der Waals surface area contributed by atoms with Gasteiger partial charge >= 0.3 is 0 Å². The van der Waals surface area contributed by atoms with Crippen molar-refractivity contribution in [3.8, 4) is 0 Å². The van der Waals surface area contributed by atoms with Gasteiger partial charge in [-0.15, -0.1) is 0 Å². The van der Waals surface area contributed by atoms with Crippen LogP contribution in [0.5, 0.6) is 0 Å². The molecule has 0 spiro atoms. The fraction of sp³-hybridized carbons (Fsp3) is 0.320. The zero-order valence-electron chi connectivity index (χ0n) is 17.9. The lowest BCUT2D eigenvalue weighted by Crippen LogP contribution is -2.38. The molecule has 32 heavy (non-hydrogen) atoms. The van der Waals surface area contributed by atoms with E-state index in [1.807, 2.05) is 6.07 Å². The Bertz CT molecular complexity index is 1110. The number of hydrogen-bond acceptors (Lipinski definition) is 4. The Morgan fingerprint density at radius 3 is 2.50 bits per heavy atom. The van der Waals surface area contributed by atoms with E-state index < -0.39 is 0 Å². The lowest BCUT2D eigenvalue weighted by Gasteiger charge is -2.33. The largest absolute Gasteiger partial charge is 0.355 e. The van der Waals surface area contributed by atoms with Crippen LogP contribution < -0.4 is 15.8 Å². The van der Waals surface area contributed by atoms with Gasteiger partial charge in [0, 0.05) is 25.7 Å². The summed E-state index contributed by atoms with van der Waals surface area (Å²) in [4.78, 5) is 26.7. The van der Waals surface area contributed by atoms with E-state index in [1.165, 1.54) is 28.4 Å². The van der Waals surface area contributed by atoms with Crippen molar-refractivity contribution in [2.75, 3.05) is 18.0 Å². The molecule has 0 bridgehead atoms. The molecule has 1 aliphatic rings. The van der Waals surface area contributed by atoms with Gasteiger partial charge in [0.1, 0.15) is 18.2 Å². The summed E-state index contributed by atoms with van der Waals surface area (Å²) in [6, 6.07) is 19.8. The molecule has 2 heterocycles. The van der Waals surface area contributed by atoms with Crippen LogP contribution in [-0.2, 0) is 24.3 Å². The van der Waals surface area contributed by atoms with E-state index in [4.69, 9.17) is 0 Å². The van der Waals surface area contributed by atoms with E-state index >= 15 is 0 Å². The number of anilines is 1. The molecule has 7 heteroatoms. The number of amides is 1. The summed E-state index contributed by atoms with van der Waals surface area (Å²) >= 11 is 0. The first-order valence-corrected chi connectivity index (χ1v) is 10.9. The molecule has 0 unspecified atom stereocenters. The molecule has 6 nitrogen and oxygen atoms in total. The van der Waals surface area contributed by atoms with Gasteiger partial charge in [-0.25, -0.2) is 9.07 Å². The van der Waals surface area contributed by atoms with Crippen molar-refractivity contribution >= 4 is 11.7 Å². The Balaban J connectivity index is 1.32.